The number of halogens is 7. The van der Waals surface area contributed by atoms with Crippen LogP contribution in [0.5, 0.6) is 11.5 Å². The Labute approximate surface area is 128 Å². The standard InChI is InChI=1S/C11H11ClF5NO2.ClH/c1-19-6-4-3-5(7(12)8(6)20-2)9(18)10(13,14)11(15,16)17;/h3-4,9H,18H2,1-2H3;1H/t9-;/m1./s1. The second-order valence-corrected chi connectivity index (χ2v) is 4.18. The van der Waals surface area contributed by atoms with Crippen molar-refractivity contribution in [2.75, 3.05) is 14.2 Å². The van der Waals surface area contributed by atoms with Gasteiger partial charge in [-0.3, -0.25) is 0 Å². The van der Waals surface area contributed by atoms with Crippen molar-refractivity contribution < 1.29 is 31.4 Å². The lowest BCUT2D eigenvalue weighted by atomic mass is 10.00. The van der Waals surface area contributed by atoms with Gasteiger partial charge in [0, 0.05) is 0 Å². The van der Waals surface area contributed by atoms with Gasteiger partial charge in [-0.25, -0.2) is 0 Å². The van der Waals surface area contributed by atoms with Crippen molar-refractivity contribution in [1.82, 2.24) is 0 Å². The lowest BCUT2D eigenvalue weighted by Crippen LogP contribution is -2.46. The zero-order valence-electron chi connectivity index (χ0n) is 10.8. The van der Waals surface area contributed by atoms with E-state index in [-0.39, 0.29) is 23.9 Å². The Morgan fingerprint density at radius 3 is 2.00 bits per heavy atom. The Hall–Kier alpha value is -0.990. The molecular weight excluding hydrogens is 344 g/mol. The van der Waals surface area contributed by atoms with Crippen molar-refractivity contribution in [1.29, 1.82) is 0 Å². The minimum Gasteiger partial charge on any atom is -0.493 e. The zero-order valence-corrected chi connectivity index (χ0v) is 12.4. The molecule has 10 heteroatoms. The number of alkyl halides is 5. The molecule has 0 spiro atoms. The lowest BCUT2D eigenvalue weighted by molar-refractivity contribution is -0.290. The molecule has 0 bridgehead atoms. The van der Waals surface area contributed by atoms with Gasteiger partial charge in [0.25, 0.3) is 0 Å². The number of methoxy groups -OCH3 is 2. The molecule has 0 fully saturated rings. The minimum absolute atomic E-state index is 0. The molecule has 0 aromatic heterocycles. The number of hydrogen-bond acceptors (Lipinski definition) is 3. The number of ether oxygens (including phenoxy) is 2. The molecule has 3 nitrogen and oxygen atoms in total. The van der Waals surface area contributed by atoms with Crippen molar-refractivity contribution >= 4 is 24.0 Å². The summed E-state index contributed by atoms with van der Waals surface area (Å²) in [5.74, 6) is -5.21. The van der Waals surface area contributed by atoms with Crippen LogP contribution >= 0.6 is 24.0 Å². The van der Waals surface area contributed by atoms with Gasteiger partial charge in [-0.05, 0) is 11.6 Å². The van der Waals surface area contributed by atoms with E-state index >= 15 is 0 Å². The summed E-state index contributed by atoms with van der Waals surface area (Å²) in [6.45, 7) is 0. The third-order valence-electron chi connectivity index (χ3n) is 2.62. The van der Waals surface area contributed by atoms with Crippen LogP contribution in [-0.4, -0.2) is 26.3 Å². The summed E-state index contributed by atoms with van der Waals surface area (Å²) in [4.78, 5) is 0. The summed E-state index contributed by atoms with van der Waals surface area (Å²) < 4.78 is 73.0. The predicted molar refractivity (Wildman–Crippen MR) is 69.7 cm³/mol. The highest BCUT2D eigenvalue weighted by molar-refractivity contribution is 6.33. The van der Waals surface area contributed by atoms with E-state index < -0.39 is 28.7 Å². The van der Waals surface area contributed by atoms with E-state index in [1.165, 1.54) is 14.2 Å². The molecule has 21 heavy (non-hydrogen) atoms. The van der Waals surface area contributed by atoms with Gasteiger partial charge in [-0.2, -0.15) is 22.0 Å². The van der Waals surface area contributed by atoms with Gasteiger partial charge in [-0.15, -0.1) is 12.4 Å². The first kappa shape index (κ1) is 20.0. The first-order chi connectivity index (χ1) is 9.07. The van der Waals surface area contributed by atoms with E-state index in [1.54, 1.807) is 0 Å². The van der Waals surface area contributed by atoms with E-state index in [4.69, 9.17) is 26.8 Å². The first-order valence-corrected chi connectivity index (χ1v) is 5.56. The van der Waals surface area contributed by atoms with Gasteiger partial charge in [0.1, 0.15) is 6.04 Å². The van der Waals surface area contributed by atoms with Crippen molar-refractivity contribution in [3.05, 3.63) is 22.7 Å². The van der Waals surface area contributed by atoms with Crippen molar-refractivity contribution in [3.8, 4) is 11.5 Å². The van der Waals surface area contributed by atoms with Crippen LogP contribution in [0.3, 0.4) is 0 Å². The summed E-state index contributed by atoms with van der Waals surface area (Å²) in [7, 11) is 2.43. The molecule has 0 heterocycles. The molecule has 0 aliphatic rings. The largest absolute Gasteiger partial charge is 0.493 e. The van der Waals surface area contributed by atoms with Gasteiger partial charge in [0.15, 0.2) is 11.5 Å². The van der Waals surface area contributed by atoms with Gasteiger partial charge in [-0.1, -0.05) is 17.7 Å². The van der Waals surface area contributed by atoms with Crippen LogP contribution in [0, 0.1) is 0 Å². The summed E-state index contributed by atoms with van der Waals surface area (Å²) in [5.41, 5.74) is 4.43. The van der Waals surface area contributed by atoms with Gasteiger partial charge < -0.3 is 15.2 Å². The van der Waals surface area contributed by atoms with Crippen LogP contribution < -0.4 is 15.2 Å². The third-order valence-corrected chi connectivity index (χ3v) is 3.01. The van der Waals surface area contributed by atoms with E-state index in [0.717, 1.165) is 12.1 Å². The highest BCUT2D eigenvalue weighted by atomic mass is 35.5. The fourth-order valence-corrected chi connectivity index (χ4v) is 1.87. The number of rotatable bonds is 4. The highest BCUT2D eigenvalue weighted by Gasteiger charge is 2.62. The highest BCUT2D eigenvalue weighted by Crippen LogP contribution is 2.47. The number of nitrogens with two attached hydrogens (primary N) is 1. The molecule has 1 rings (SSSR count). The molecule has 0 amide bonds. The Morgan fingerprint density at radius 1 is 1.10 bits per heavy atom. The maximum Gasteiger partial charge on any atom is 0.455 e. The second-order valence-electron chi connectivity index (χ2n) is 3.80. The fraction of sp³-hybridized carbons (Fsp3) is 0.455. The summed E-state index contributed by atoms with van der Waals surface area (Å²) in [5, 5.41) is -0.455. The average Bonchev–Trinajstić information content (AvgIpc) is 2.35. The van der Waals surface area contributed by atoms with Crippen LogP contribution in [-0.2, 0) is 0 Å². The molecule has 0 aliphatic heterocycles. The van der Waals surface area contributed by atoms with Crippen LogP contribution in [0.15, 0.2) is 12.1 Å². The Balaban J connectivity index is 0.00000400. The molecule has 2 N–H and O–H groups in total. The molecule has 122 valence electrons. The molecule has 0 saturated carbocycles. The van der Waals surface area contributed by atoms with Crippen molar-refractivity contribution in [2.24, 2.45) is 5.73 Å². The molecular formula is C11H12Cl2F5NO2. The van der Waals surface area contributed by atoms with Crippen LogP contribution in [0.4, 0.5) is 22.0 Å². The SMILES string of the molecule is COc1ccc([C@@H](N)C(F)(F)C(F)(F)F)c(Cl)c1OC.Cl. The summed E-state index contributed by atoms with van der Waals surface area (Å²) in [6, 6.07) is -0.574. The lowest BCUT2D eigenvalue weighted by Gasteiger charge is -2.27. The quantitative estimate of drug-likeness (QED) is 0.831. The predicted octanol–water partition coefficient (Wildman–Crippen LogP) is 3.98. The zero-order chi connectivity index (χ0) is 15.7. The molecule has 0 saturated heterocycles. The van der Waals surface area contributed by atoms with Crippen molar-refractivity contribution in [2.45, 2.75) is 18.1 Å². The summed E-state index contributed by atoms with van der Waals surface area (Å²) in [6.07, 6.45) is -5.79. The normalized spacial score (nSPS) is 13.4. The molecule has 0 radical (unpaired) electrons. The van der Waals surface area contributed by atoms with Crippen molar-refractivity contribution in [3.63, 3.8) is 0 Å². The first-order valence-electron chi connectivity index (χ1n) is 5.18. The van der Waals surface area contributed by atoms with E-state index in [9.17, 15) is 22.0 Å². The Kier molecular flexibility index (Phi) is 6.52. The average molecular weight is 356 g/mol. The molecule has 1 atom stereocenters. The molecule has 1 aromatic rings. The van der Waals surface area contributed by atoms with Crippen LogP contribution in [0.2, 0.25) is 5.02 Å². The maximum atomic E-state index is 13.2. The smallest absolute Gasteiger partial charge is 0.455 e. The third kappa shape index (κ3) is 3.61. The van der Waals surface area contributed by atoms with Gasteiger partial charge in [0.2, 0.25) is 0 Å². The van der Waals surface area contributed by atoms with Crippen LogP contribution in [0.25, 0.3) is 0 Å². The number of benzene rings is 1. The fourth-order valence-electron chi connectivity index (χ4n) is 1.52. The van der Waals surface area contributed by atoms with Crippen LogP contribution in [0.1, 0.15) is 11.6 Å². The second kappa shape index (κ2) is 6.85. The van der Waals surface area contributed by atoms with E-state index in [1.807, 2.05) is 0 Å². The van der Waals surface area contributed by atoms with Gasteiger partial charge >= 0.3 is 12.1 Å². The maximum absolute atomic E-state index is 13.2. The van der Waals surface area contributed by atoms with E-state index in [0.29, 0.717) is 0 Å². The molecule has 0 aliphatic carbocycles. The van der Waals surface area contributed by atoms with Gasteiger partial charge in [0.05, 0.1) is 19.2 Å². The van der Waals surface area contributed by atoms with E-state index in [2.05, 4.69) is 0 Å². The Morgan fingerprint density at radius 2 is 1.62 bits per heavy atom. The monoisotopic (exact) mass is 355 g/mol. The molecule has 0 unspecified atom stereocenters. The molecule has 1 aromatic carbocycles. The number of hydrogen-bond donors (Lipinski definition) is 1. The summed E-state index contributed by atoms with van der Waals surface area (Å²) >= 11 is 5.76. The minimum atomic E-state index is -5.79. The topological polar surface area (TPSA) is 44.5 Å². The Bertz CT molecular complexity index is 496.